The monoisotopic (exact) mass is 341 g/mol. The number of amides is 1. The minimum atomic E-state index is -0.464. The van der Waals surface area contributed by atoms with Crippen molar-refractivity contribution in [3.63, 3.8) is 0 Å². The van der Waals surface area contributed by atoms with Gasteiger partial charge in [0.25, 0.3) is 5.91 Å². The van der Waals surface area contributed by atoms with E-state index in [1.807, 2.05) is 56.3 Å². The molecule has 0 aliphatic rings. The molecule has 2 aromatic rings. The number of aryl methyl sites for hydroxylation is 2. The van der Waals surface area contributed by atoms with Crippen LogP contribution in [0.1, 0.15) is 30.9 Å². The number of methoxy groups -OCH3 is 1. The second-order valence-corrected chi connectivity index (χ2v) is 6.03. The summed E-state index contributed by atoms with van der Waals surface area (Å²) in [5.74, 6) is 1.55. The lowest BCUT2D eigenvalue weighted by Gasteiger charge is -2.17. The molecular weight excluding hydrogens is 314 g/mol. The average molecular weight is 341 g/mol. The van der Waals surface area contributed by atoms with Crippen LogP contribution < -0.4 is 14.8 Å². The summed E-state index contributed by atoms with van der Waals surface area (Å²) in [6.07, 6.45) is 1.88. The quantitative estimate of drug-likeness (QED) is 0.704. The van der Waals surface area contributed by atoms with Gasteiger partial charge in [-0.2, -0.15) is 0 Å². The van der Waals surface area contributed by atoms with Gasteiger partial charge in [0.1, 0.15) is 11.5 Å². The molecule has 25 heavy (non-hydrogen) atoms. The molecule has 1 amide bonds. The molecule has 0 radical (unpaired) electrons. The fourth-order valence-corrected chi connectivity index (χ4v) is 2.62. The third-order valence-electron chi connectivity index (χ3n) is 4.08. The normalized spacial score (nSPS) is 11.6. The van der Waals surface area contributed by atoms with E-state index >= 15 is 0 Å². The van der Waals surface area contributed by atoms with Crippen LogP contribution in [-0.4, -0.2) is 25.7 Å². The third kappa shape index (κ3) is 5.82. The van der Waals surface area contributed by atoms with Crippen LogP contribution in [0.25, 0.3) is 0 Å². The smallest absolute Gasteiger partial charge is 0.261 e. The van der Waals surface area contributed by atoms with Crippen molar-refractivity contribution in [1.29, 1.82) is 0 Å². The predicted octanol–water partition coefficient (Wildman–Crippen LogP) is 3.91. The molecule has 0 unspecified atom stereocenters. The number of carbonyl (C=O) groups excluding carboxylic acids is 1. The van der Waals surface area contributed by atoms with Crippen molar-refractivity contribution in [2.75, 3.05) is 13.7 Å². The maximum absolute atomic E-state index is 12.3. The number of carbonyl (C=O) groups is 1. The molecule has 0 heterocycles. The van der Waals surface area contributed by atoms with Gasteiger partial charge in [0, 0.05) is 6.54 Å². The number of ether oxygens (including phenoxy) is 2. The molecule has 4 nitrogen and oxygen atoms in total. The number of hydrogen-bond donors (Lipinski definition) is 1. The van der Waals surface area contributed by atoms with Gasteiger partial charge < -0.3 is 14.8 Å². The van der Waals surface area contributed by atoms with E-state index in [1.165, 1.54) is 5.56 Å². The molecule has 0 aromatic heterocycles. The molecule has 0 spiro atoms. The van der Waals surface area contributed by atoms with Gasteiger partial charge in [-0.3, -0.25) is 4.79 Å². The van der Waals surface area contributed by atoms with Crippen LogP contribution in [0.4, 0.5) is 0 Å². The highest BCUT2D eigenvalue weighted by Crippen LogP contribution is 2.18. The Morgan fingerprint density at radius 2 is 1.84 bits per heavy atom. The molecular formula is C21H27NO3. The minimum Gasteiger partial charge on any atom is -0.496 e. The van der Waals surface area contributed by atoms with E-state index in [2.05, 4.69) is 11.4 Å². The Kier molecular flexibility index (Phi) is 7.33. The average Bonchev–Trinajstić information content (AvgIpc) is 2.64. The Morgan fingerprint density at radius 3 is 2.52 bits per heavy atom. The largest absolute Gasteiger partial charge is 0.496 e. The molecule has 4 heteroatoms. The second kappa shape index (κ2) is 9.72. The number of benzene rings is 2. The zero-order chi connectivity index (χ0) is 18.1. The predicted molar refractivity (Wildman–Crippen MR) is 100 cm³/mol. The first kappa shape index (κ1) is 18.8. The summed E-state index contributed by atoms with van der Waals surface area (Å²) in [7, 11) is 1.68. The lowest BCUT2D eigenvalue weighted by Crippen LogP contribution is -2.38. The van der Waals surface area contributed by atoms with Gasteiger partial charge in [-0.25, -0.2) is 0 Å². The molecule has 2 rings (SSSR count). The number of para-hydroxylation sites is 1. The molecule has 1 N–H and O–H groups in total. The summed E-state index contributed by atoms with van der Waals surface area (Å²) in [5, 5.41) is 2.97. The highest BCUT2D eigenvalue weighted by Gasteiger charge is 2.17. The SMILES string of the molecule is CC[C@@H](Oc1ccc(C)cc1)C(=O)NCCCc1ccccc1OC. The van der Waals surface area contributed by atoms with Gasteiger partial charge in [0.15, 0.2) is 6.10 Å². The molecule has 0 bridgehead atoms. The highest BCUT2D eigenvalue weighted by molar-refractivity contribution is 5.81. The third-order valence-corrected chi connectivity index (χ3v) is 4.08. The summed E-state index contributed by atoms with van der Waals surface area (Å²) >= 11 is 0. The Balaban J connectivity index is 1.78. The maximum atomic E-state index is 12.3. The van der Waals surface area contributed by atoms with E-state index < -0.39 is 6.10 Å². The lowest BCUT2D eigenvalue weighted by molar-refractivity contribution is -0.128. The standard InChI is InChI=1S/C21H27NO3/c1-4-19(25-18-13-11-16(2)12-14-18)21(23)22-15-7-9-17-8-5-6-10-20(17)24-3/h5-6,8,10-14,19H,4,7,9,15H2,1-3H3,(H,22,23)/t19-/m1/s1. The van der Waals surface area contributed by atoms with E-state index in [0.717, 1.165) is 29.9 Å². The van der Waals surface area contributed by atoms with E-state index in [9.17, 15) is 4.79 Å². The van der Waals surface area contributed by atoms with E-state index in [0.29, 0.717) is 13.0 Å². The highest BCUT2D eigenvalue weighted by atomic mass is 16.5. The zero-order valence-electron chi connectivity index (χ0n) is 15.2. The van der Waals surface area contributed by atoms with E-state index in [1.54, 1.807) is 7.11 Å². The number of nitrogens with one attached hydrogen (secondary N) is 1. The fourth-order valence-electron chi connectivity index (χ4n) is 2.62. The van der Waals surface area contributed by atoms with Gasteiger partial charge in [-0.1, -0.05) is 42.8 Å². The molecule has 0 saturated carbocycles. The van der Waals surface area contributed by atoms with E-state index in [4.69, 9.17) is 9.47 Å². The van der Waals surface area contributed by atoms with Crippen molar-refractivity contribution in [3.05, 3.63) is 59.7 Å². The molecule has 2 aromatic carbocycles. The van der Waals surface area contributed by atoms with Gasteiger partial charge >= 0.3 is 0 Å². The van der Waals surface area contributed by atoms with Crippen molar-refractivity contribution in [3.8, 4) is 11.5 Å². The van der Waals surface area contributed by atoms with Crippen molar-refractivity contribution < 1.29 is 14.3 Å². The zero-order valence-corrected chi connectivity index (χ0v) is 15.2. The van der Waals surface area contributed by atoms with Crippen LogP contribution in [0.2, 0.25) is 0 Å². The molecule has 0 aliphatic heterocycles. The van der Waals surface area contributed by atoms with Crippen molar-refractivity contribution in [2.24, 2.45) is 0 Å². The lowest BCUT2D eigenvalue weighted by atomic mass is 10.1. The van der Waals surface area contributed by atoms with Crippen LogP contribution in [-0.2, 0) is 11.2 Å². The molecule has 0 saturated heterocycles. The molecule has 1 atom stereocenters. The Bertz CT molecular complexity index is 667. The van der Waals surface area contributed by atoms with Gasteiger partial charge in [-0.15, -0.1) is 0 Å². The second-order valence-electron chi connectivity index (χ2n) is 6.03. The van der Waals surface area contributed by atoms with Crippen molar-refractivity contribution in [1.82, 2.24) is 5.32 Å². The summed E-state index contributed by atoms with van der Waals surface area (Å²) in [6, 6.07) is 15.7. The first-order valence-electron chi connectivity index (χ1n) is 8.77. The van der Waals surface area contributed by atoms with E-state index in [-0.39, 0.29) is 5.91 Å². The summed E-state index contributed by atoms with van der Waals surface area (Å²) < 4.78 is 11.1. The van der Waals surface area contributed by atoms with Gasteiger partial charge in [0.05, 0.1) is 7.11 Å². The fraction of sp³-hybridized carbons (Fsp3) is 0.381. The van der Waals surface area contributed by atoms with Crippen LogP contribution in [0.5, 0.6) is 11.5 Å². The van der Waals surface area contributed by atoms with Crippen molar-refractivity contribution in [2.45, 2.75) is 39.2 Å². The molecule has 0 aliphatic carbocycles. The Morgan fingerprint density at radius 1 is 1.12 bits per heavy atom. The Labute approximate surface area is 150 Å². The molecule has 134 valence electrons. The van der Waals surface area contributed by atoms with Gasteiger partial charge in [-0.05, 0) is 49.9 Å². The summed E-state index contributed by atoms with van der Waals surface area (Å²) in [4.78, 5) is 12.3. The first-order valence-corrected chi connectivity index (χ1v) is 8.77. The topological polar surface area (TPSA) is 47.6 Å². The number of hydrogen-bond acceptors (Lipinski definition) is 3. The maximum Gasteiger partial charge on any atom is 0.261 e. The Hall–Kier alpha value is -2.49. The van der Waals surface area contributed by atoms with Crippen molar-refractivity contribution >= 4 is 5.91 Å². The minimum absolute atomic E-state index is 0.0666. The van der Waals surface area contributed by atoms with Crippen LogP contribution in [0, 0.1) is 6.92 Å². The van der Waals surface area contributed by atoms with Crippen LogP contribution >= 0.6 is 0 Å². The van der Waals surface area contributed by atoms with Crippen LogP contribution in [0.15, 0.2) is 48.5 Å². The van der Waals surface area contributed by atoms with Crippen LogP contribution in [0.3, 0.4) is 0 Å². The number of rotatable bonds is 9. The van der Waals surface area contributed by atoms with Gasteiger partial charge in [0.2, 0.25) is 0 Å². The molecule has 0 fully saturated rings. The first-order chi connectivity index (χ1) is 12.1. The summed E-state index contributed by atoms with van der Waals surface area (Å²) in [6.45, 7) is 4.59. The summed E-state index contributed by atoms with van der Waals surface area (Å²) in [5.41, 5.74) is 2.32.